The largest absolute Gasteiger partial charge is 0.488 e. The Kier molecular flexibility index (Phi) is 5.27. The zero-order valence-electron chi connectivity index (χ0n) is 14.0. The van der Waals surface area contributed by atoms with Crippen LogP contribution in [0.25, 0.3) is 11.4 Å². The van der Waals surface area contributed by atoms with Crippen molar-refractivity contribution >= 4 is 11.8 Å². The first kappa shape index (κ1) is 18.0. The lowest BCUT2D eigenvalue weighted by Gasteiger charge is -2.29. The molecular weight excluding hydrogens is 348 g/mol. The number of halogens is 2. The second kappa shape index (κ2) is 7.61. The van der Waals surface area contributed by atoms with Crippen LogP contribution in [-0.4, -0.2) is 54.0 Å². The number of carboxylic acids is 1. The maximum Gasteiger partial charge on any atom is 0.358 e. The van der Waals surface area contributed by atoms with Gasteiger partial charge in [-0.15, -0.1) is 0 Å². The molecule has 26 heavy (non-hydrogen) atoms. The highest BCUT2D eigenvalue weighted by atomic mass is 19.1. The molecular formula is C17H17F2N3O4. The summed E-state index contributed by atoms with van der Waals surface area (Å²) in [5, 5.41) is 9.53. The van der Waals surface area contributed by atoms with Gasteiger partial charge in [-0.2, -0.15) is 0 Å². The second-order valence-corrected chi connectivity index (χ2v) is 5.54. The Morgan fingerprint density at radius 3 is 2.46 bits per heavy atom. The summed E-state index contributed by atoms with van der Waals surface area (Å²) in [6.45, 7) is 3.78. The number of ether oxygens (including phenoxy) is 2. The molecule has 138 valence electrons. The minimum Gasteiger partial charge on any atom is -0.488 e. The predicted octanol–water partition coefficient (Wildman–Crippen LogP) is 2.36. The van der Waals surface area contributed by atoms with E-state index in [0.717, 1.165) is 18.2 Å². The molecule has 1 aliphatic heterocycles. The summed E-state index contributed by atoms with van der Waals surface area (Å²) in [6, 6.07) is 2.82. The van der Waals surface area contributed by atoms with Crippen LogP contribution in [-0.2, 0) is 4.74 Å². The lowest BCUT2D eigenvalue weighted by molar-refractivity contribution is 0.0685. The maximum atomic E-state index is 13.6. The van der Waals surface area contributed by atoms with Crippen molar-refractivity contribution in [3.63, 3.8) is 0 Å². The molecule has 2 heterocycles. The highest BCUT2D eigenvalue weighted by Gasteiger charge is 2.26. The Balaban J connectivity index is 2.19. The third kappa shape index (κ3) is 3.72. The number of aromatic nitrogens is 2. The lowest BCUT2D eigenvalue weighted by Crippen LogP contribution is -2.37. The van der Waals surface area contributed by atoms with Crippen LogP contribution in [0.2, 0.25) is 0 Å². The minimum atomic E-state index is -1.32. The second-order valence-electron chi connectivity index (χ2n) is 5.54. The summed E-state index contributed by atoms with van der Waals surface area (Å²) in [6.07, 6.45) is 0. The number of nitrogens with zero attached hydrogens (tertiary/aromatic N) is 3. The van der Waals surface area contributed by atoms with Crippen LogP contribution < -0.4 is 9.64 Å². The number of carbonyl (C=O) groups is 1. The topological polar surface area (TPSA) is 84.8 Å². The van der Waals surface area contributed by atoms with Gasteiger partial charge in [0, 0.05) is 24.7 Å². The summed E-state index contributed by atoms with van der Waals surface area (Å²) in [4.78, 5) is 21.8. The molecule has 0 bridgehead atoms. The summed E-state index contributed by atoms with van der Waals surface area (Å²) >= 11 is 0. The molecule has 1 aromatic heterocycles. The zero-order chi connectivity index (χ0) is 18.7. The van der Waals surface area contributed by atoms with Crippen molar-refractivity contribution in [2.75, 3.05) is 37.8 Å². The molecule has 0 aliphatic carbocycles. The molecule has 3 rings (SSSR count). The molecule has 0 unspecified atom stereocenters. The Labute approximate surface area is 148 Å². The average Bonchev–Trinajstić information content (AvgIpc) is 2.61. The van der Waals surface area contributed by atoms with Gasteiger partial charge in [-0.1, -0.05) is 0 Å². The molecule has 1 fully saturated rings. The zero-order valence-corrected chi connectivity index (χ0v) is 14.0. The van der Waals surface area contributed by atoms with Crippen molar-refractivity contribution < 1.29 is 28.2 Å². The van der Waals surface area contributed by atoms with Crippen LogP contribution >= 0.6 is 0 Å². The molecule has 1 N–H and O–H groups in total. The summed E-state index contributed by atoms with van der Waals surface area (Å²) < 4.78 is 37.9. The number of rotatable bonds is 5. The first-order chi connectivity index (χ1) is 12.5. The SMILES string of the molecule is CCOc1c(C(=O)O)nc(-c2cc(F)cc(F)c2)nc1N1CCOCC1. The summed E-state index contributed by atoms with van der Waals surface area (Å²) in [5.41, 5.74) is -0.314. The molecule has 0 saturated carbocycles. The highest BCUT2D eigenvalue weighted by Crippen LogP contribution is 2.33. The van der Waals surface area contributed by atoms with Gasteiger partial charge in [0.1, 0.15) is 11.6 Å². The molecule has 1 saturated heterocycles. The monoisotopic (exact) mass is 365 g/mol. The third-order valence-corrected chi connectivity index (χ3v) is 3.77. The molecule has 0 amide bonds. The minimum absolute atomic E-state index is 0.0301. The fourth-order valence-electron chi connectivity index (χ4n) is 2.66. The van der Waals surface area contributed by atoms with Gasteiger partial charge >= 0.3 is 5.97 Å². The van der Waals surface area contributed by atoms with Crippen molar-refractivity contribution in [1.29, 1.82) is 0 Å². The van der Waals surface area contributed by atoms with E-state index in [9.17, 15) is 18.7 Å². The summed E-state index contributed by atoms with van der Waals surface area (Å²) in [5.74, 6) is -2.72. The third-order valence-electron chi connectivity index (χ3n) is 3.77. The van der Waals surface area contributed by atoms with Crippen molar-refractivity contribution in [2.24, 2.45) is 0 Å². The molecule has 0 radical (unpaired) electrons. The molecule has 9 heteroatoms. The van der Waals surface area contributed by atoms with Crippen LogP contribution in [0, 0.1) is 11.6 Å². The van der Waals surface area contributed by atoms with Crippen LogP contribution in [0.3, 0.4) is 0 Å². The van der Waals surface area contributed by atoms with Crippen molar-refractivity contribution in [2.45, 2.75) is 6.92 Å². The maximum absolute atomic E-state index is 13.6. The fourth-order valence-corrected chi connectivity index (χ4v) is 2.66. The first-order valence-corrected chi connectivity index (χ1v) is 8.07. The van der Waals surface area contributed by atoms with Crippen molar-refractivity contribution in [3.8, 4) is 17.1 Å². The average molecular weight is 365 g/mol. The smallest absolute Gasteiger partial charge is 0.358 e. The van der Waals surface area contributed by atoms with E-state index in [1.165, 1.54) is 0 Å². The number of carboxylic acid groups (broad SMARTS) is 1. The van der Waals surface area contributed by atoms with E-state index in [1.807, 2.05) is 4.90 Å². The van der Waals surface area contributed by atoms with Gasteiger partial charge in [0.2, 0.25) is 0 Å². The van der Waals surface area contributed by atoms with Gasteiger partial charge in [0.15, 0.2) is 23.1 Å². The quantitative estimate of drug-likeness (QED) is 0.871. The van der Waals surface area contributed by atoms with Crippen LogP contribution in [0.4, 0.5) is 14.6 Å². The molecule has 2 aromatic rings. The Morgan fingerprint density at radius 2 is 1.88 bits per heavy atom. The predicted molar refractivity (Wildman–Crippen MR) is 88.5 cm³/mol. The number of hydrogen-bond acceptors (Lipinski definition) is 6. The molecule has 0 spiro atoms. The van der Waals surface area contributed by atoms with Gasteiger partial charge in [0.25, 0.3) is 0 Å². The van der Waals surface area contributed by atoms with Crippen molar-refractivity contribution in [1.82, 2.24) is 9.97 Å². The van der Waals surface area contributed by atoms with Crippen LogP contribution in [0.15, 0.2) is 18.2 Å². The van der Waals surface area contributed by atoms with E-state index in [0.29, 0.717) is 26.3 Å². The van der Waals surface area contributed by atoms with Crippen molar-refractivity contribution in [3.05, 3.63) is 35.5 Å². The number of anilines is 1. The van der Waals surface area contributed by atoms with Gasteiger partial charge in [-0.05, 0) is 19.1 Å². The van der Waals surface area contributed by atoms with E-state index < -0.39 is 17.6 Å². The molecule has 1 aliphatic rings. The van der Waals surface area contributed by atoms with E-state index in [4.69, 9.17) is 9.47 Å². The highest BCUT2D eigenvalue weighted by molar-refractivity contribution is 5.91. The van der Waals surface area contributed by atoms with E-state index in [2.05, 4.69) is 9.97 Å². The first-order valence-electron chi connectivity index (χ1n) is 8.07. The molecule has 1 aromatic carbocycles. The number of aromatic carboxylic acids is 1. The lowest BCUT2D eigenvalue weighted by atomic mass is 10.2. The van der Waals surface area contributed by atoms with Crippen LogP contribution in [0.1, 0.15) is 17.4 Å². The Hall–Kier alpha value is -2.81. The van der Waals surface area contributed by atoms with E-state index in [-0.39, 0.29) is 35.3 Å². The van der Waals surface area contributed by atoms with Crippen LogP contribution in [0.5, 0.6) is 5.75 Å². The molecule has 7 nitrogen and oxygen atoms in total. The number of hydrogen-bond donors (Lipinski definition) is 1. The van der Waals surface area contributed by atoms with Gasteiger partial charge < -0.3 is 19.5 Å². The standard InChI is InChI=1S/C17H17F2N3O4/c1-2-26-14-13(17(23)24)20-15(10-7-11(18)9-12(19)8-10)21-16(14)22-3-5-25-6-4-22/h7-9H,2-6H2,1H3,(H,23,24). The van der Waals surface area contributed by atoms with Gasteiger partial charge in [-0.3, -0.25) is 0 Å². The normalized spacial score (nSPS) is 14.3. The van der Waals surface area contributed by atoms with E-state index in [1.54, 1.807) is 6.92 Å². The number of benzene rings is 1. The summed E-state index contributed by atoms with van der Waals surface area (Å²) in [7, 11) is 0. The Bertz CT molecular complexity index is 806. The van der Waals surface area contributed by atoms with Gasteiger partial charge in [-0.25, -0.2) is 23.5 Å². The Morgan fingerprint density at radius 1 is 1.23 bits per heavy atom. The molecule has 0 atom stereocenters. The van der Waals surface area contributed by atoms with Gasteiger partial charge in [0.05, 0.1) is 19.8 Å². The van der Waals surface area contributed by atoms with E-state index >= 15 is 0 Å². The number of morpholine rings is 1. The fraction of sp³-hybridized carbons (Fsp3) is 0.353.